The molecule has 1 amide bonds. The number of carbonyl (C=O) groups is 1. The third-order valence-corrected chi connectivity index (χ3v) is 6.98. The van der Waals surface area contributed by atoms with Crippen LogP contribution in [0.2, 0.25) is 0 Å². The molecule has 2 fully saturated rings. The van der Waals surface area contributed by atoms with Crippen molar-refractivity contribution in [2.24, 2.45) is 5.10 Å². The summed E-state index contributed by atoms with van der Waals surface area (Å²) in [5.74, 6) is -2.68. The third-order valence-electron chi connectivity index (χ3n) is 5.13. The number of hydrogen-bond donors (Lipinski definition) is 0. The summed E-state index contributed by atoms with van der Waals surface area (Å²) in [6.07, 6.45) is -3.76. The number of ether oxygens (including phenoxy) is 3. The molecule has 0 saturated carbocycles. The maximum Gasteiger partial charge on any atom is 0.433 e. The highest BCUT2D eigenvalue weighted by Gasteiger charge is 2.80. The molecule has 2 saturated heterocycles. The average Bonchev–Trinajstić information content (AvgIpc) is 3.42. The fraction of sp³-hybridized carbons (Fsp3) is 0.562. The van der Waals surface area contributed by atoms with Crippen LogP contribution in [0.15, 0.2) is 22.3 Å². The lowest BCUT2D eigenvalue weighted by Crippen LogP contribution is -2.47. The van der Waals surface area contributed by atoms with Crippen molar-refractivity contribution in [2.45, 2.75) is 22.6 Å². The Labute approximate surface area is 169 Å². The summed E-state index contributed by atoms with van der Waals surface area (Å²) in [5, 5.41) is 3.92. The second-order valence-electron chi connectivity index (χ2n) is 6.80. The predicted molar refractivity (Wildman–Crippen MR) is 92.6 cm³/mol. The van der Waals surface area contributed by atoms with Gasteiger partial charge < -0.3 is 14.2 Å². The first-order valence-electron chi connectivity index (χ1n) is 8.75. The van der Waals surface area contributed by atoms with E-state index in [-0.39, 0.29) is 31.9 Å². The van der Waals surface area contributed by atoms with E-state index in [1.807, 2.05) is 0 Å². The van der Waals surface area contributed by atoms with Gasteiger partial charge >= 0.3 is 12.1 Å². The first-order valence-corrected chi connectivity index (χ1v) is 10.2. The van der Waals surface area contributed by atoms with Crippen LogP contribution in [0.4, 0.5) is 13.2 Å². The molecule has 1 aromatic heterocycles. The number of morpholine rings is 1. The Bertz CT molecular complexity index is 1030. The Hall–Kier alpha value is -2.13. The van der Waals surface area contributed by atoms with Crippen LogP contribution in [0.25, 0.3) is 0 Å². The van der Waals surface area contributed by atoms with Gasteiger partial charge in [0.1, 0.15) is 5.69 Å². The quantitative estimate of drug-likeness (QED) is 0.600. The van der Waals surface area contributed by atoms with Crippen LogP contribution < -0.4 is 0 Å². The van der Waals surface area contributed by atoms with Gasteiger partial charge in [-0.1, -0.05) is 6.07 Å². The highest BCUT2D eigenvalue weighted by atomic mass is 32.2. The van der Waals surface area contributed by atoms with E-state index >= 15 is 0 Å². The van der Waals surface area contributed by atoms with E-state index in [1.165, 1.54) is 14.2 Å². The van der Waals surface area contributed by atoms with Gasteiger partial charge in [0, 0.05) is 32.8 Å². The lowest BCUT2D eigenvalue weighted by Gasteiger charge is -2.28. The SMILES string of the molecule is COC12OC1(c1ccc(C(F)(F)F)nc1S(=O)(=O)N1CCOCC1)C=NN(C)C2=O. The fourth-order valence-corrected chi connectivity index (χ4v) is 5.10. The predicted octanol–water partition coefficient (Wildman–Crippen LogP) is 0.147. The summed E-state index contributed by atoms with van der Waals surface area (Å²) in [6.45, 7) is 0.0568. The minimum atomic E-state index is -4.88. The summed E-state index contributed by atoms with van der Waals surface area (Å²) < 4.78 is 83.2. The molecule has 1 aromatic rings. The van der Waals surface area contributed by atoms with Crippen molar-refractivity contribution in [2.75, 3.05) is 40.5 Å². The number of sulfonamides is 1. The van der Waals surface area contributed by atoms with E-state index in [1.54, 1.807) is 0 Å². The number of carbonyl (C=O) groups excluding carboxylic acids is 1. The molecule has 2 unspecified atom stereocenters. The van der Waals surface area contributed by atoms with Crippen LogP contribution in [0.1, 0.15) is 11.3 Å². The number of hydrazone groups is 1. The van der Waals surface area contributed by atoms with Gasteiger partial charge in [-0.25, -0.2) is 18.4 Å². The number of pyridine rings is 1. The number of aromatic nitrogens is 1. The number of amides is 1. The molecular formula is C16H17F3N4O6S. The van der Waals surface area contributed by atoms with Gasteiger partial charge in [-0.3, -0.25) is 4.79 Å². The first kappa shape index (κ1) is 21.1. The van der Waals surface area contributed by atoms with Crippen molar-refractivity contribution >= 4 is 22.1 Å². The molecule has 10 nitrogen and oxygen atoms in total. The maximum atomic E-state index is 13.3. The highest BCUT2D eigenvalue weighted by molar-refractivity contribution is 7.89. The summed E-state index contributed by atoms with van der Waals surface area (Å²) >= 11 is 0. The number of alkyl halides is 3. The second-order valence-corrected chi connectivity index (χ2v) is 8.65. The highest BCUT2D eigenvalue weighted by Crippen LogP contribution is 2.59. The molecule has 164 valence electrons. The number of nitrogens with zero attached hydrogens (tertiary/aromatic N) is 4. The van der Waals surface area contributed by atoms with Crippen LogP contribution in [0.3, 0.4) is 0 Å². The summed E-state index contributed by atoms with van der Waals surface area (Å²) in [4.78, 5) is 16.0. The van der Waals surface area contributed by atoms with Crippen LogP contribution in [0, 0.1) is 0 Å². The molecule has 3 aliphatic heterocycles. The molecule has 4 heterocycles. The van der Waals surface area contributed by atoms with Gasteiger partial charge in [0.05, 0.1) is 19.4 Å². The number of likely N-dealkylation sites (N-methyl/N-ethyl adjacent to an activating group) is 1. The zero-order valence-electron chi connectivity index (χ0n) is 15.8. The molecule has 0 bridgehead atoms. The van der Waals surface area contributed by atoms with E-state index < -0.39 is 44.2 Å². The smallest absolute Gasteiger partial charge is 0.379 e. The van der Waals surface area contributed by atoms with E-state index in [2.05, 4.69) is 10.1 Å². The Balaban J connectivity index is 1.92. The number of epoxide rings is 1. The lowest BCUT2D eigenvalue weighted by molar-refractivity contribution is -0.153. The first-order chi connectivity index (χ1) is 14.0. The van der Waals surface area contributed by atoms with Crippen molar-refractivity contribution in [1.29, 1.82) is 0 Å². The third kappa shape index (κ3) is 2.85. The minimum Gasteiger partial charge on any atom is -0.379 e. The number of hydrogen-bond acceptors (Lipinski definition) is 8. The Morgan fingerprint density at radius 2 is 1.90 bits per heavy atom. The van der Waals surface area contributed by atoms with Crippen LogP contribution >= 0.6 is 0 Å². The van der Waals surface area contributed by atoms with Crippen molar-refractivity contribution < 1.29 is 40.6 Å². The summed E-state index contributed by atoms with van der Waals surface area (Å²) in [6, 6.07) is 1.55. The Morgan fingerprint density at radius 1 is 1.23 bits per heavy atom. The van der Waals surface area contributed by atoms with Crippen molar-refractivity contribution in [3.63, 3.8) is 0 Å². The fourth-order valence-electron chi connectivity index (χ4n) is 3.52. The summed E-state index contributed by atoms with van der Waals surface area (Å²) in [7, 11) is -1.98. The molecule has 4 rings (SSSR count). The van der Waals surface area contributed by atoms with Crippen molar-refractivity contribution in [1.82, 2.24) is 14.3 Å². The molecule has 0 spiro atoms. The zero-order chi connectivity index (χ0) is 21.9. The van der Waals surface area contributed by atoms with Gasteiger partial charge in [0.15, 0.2) is 5.03 Å². The van der Waals surface area contributed by atoms with Crippen LogP contribution in [0.5, 0.6) is 0 Å². The number of rotatable bonds is 4. The van der Waals surface area contributed by atoms with Crippen LogP contribution in [-0.4, -0.2) is 81.1 Å². The molecule has 0 N–H and O–H groups in total. The number of fused-ring (bicyclic) bond motifs is 1. The van der Waals surface area contributed by atoms with Gasteiger partial charge in [0.25, 0.3) is 15.8 Å². The van der Waals surface area contributed by atoms with E-state index in [4.69, 9.17) is 14.2 Å². The maximum absolute atomic E-state index is 13.3. The van der Waals surface area contributed by atoms with Gasteiger partial charge in [-0.2, -0.15) is 22.6 Å². The minimum absolute atomic E-state index is 0.0568. The second kappa shape index (κ2) is 6.68. The average molecular weight is 450 g/mol. The normalized spacial score (nSPS) is 29.8. The molecule has 14 heteroatoms. The van der Waals surface area contributed by atoms with Crippen molar-refractivity contribution in [3.8, 4) is 0 Å². The molecule has 0 aliphatic carbocycles. The molecule has 30 heavy (non-hydrogen) atoms. The van der Waals surface area contributed by atoms with E-state index in [9.17, 15) is 26.4 Å². The molecule has 3 aliphatic rings. The molecular weight excluding hydrogens is 433 g/mol. The Kier molecular flexibility index (Phi) is 4.70. The standard InChI is InChI=1S/C16H17F3N4O6S/c1-22-13(24)15(27-2)14(29-15,9-20-22)10-3-4-11(16(17,18)19)21-12(10)30(25,26)23-5-7-28-8-6-23/h3-4,9H,5-8H2,1-2H3. The Morgan fingerprint density at radius 3 is 2.50 bits per heavy atom. The molecule has 0 aromatic carbocycles. The molecule has 2 atom stereocenters. The zero-order valence-corrected chi connectivity index (χ0v) is 16.7. The topological polar surface area (TPSA) is 114 Å². The number of methoxy groups -OCH3 is 1. The summed E-state index contributed by atoms with van der Waals surface area (Å²) in [5.41, 5.74) is -3.49. The van der Waals surface area contributed by atoms with Gasteiger partial charge in [-0.15, -0.1) is 0 Å². The monoisotopic (exact) mass is 450 g/mol. The van der Waals surface area contributed by atoms with Crippen molar-refractivity contribution in [3.05, 3.63) is 23.4 Å². The molecule has 0 radical (unpaired) electrons. The van der Waals surface area contributed by atoms with E-state index in [0.29, 0.717) is 6.07 Å². The van der Waals surface area contributed by atoms with Gasteiger partial charge in [0.2, 0.25) is 5.60 Å². The van der Waals surface area contributed by atoms with Gasteiger partial charge in [-0.05, 0) is 6.07 Å². The van der Waals surface area contributed by atoms with Crippen LogP contribution in [-0.2, 0) is 40.8 Å². The lowest BCUT2D eigenvalue weighted by atomic mass is 9.93. The van der Waals surface area contributed by atoms with E-state index in [0.717, 1.165) is 21.6 Å². The number of halogens is 3. The largest absolute Gasteiger partial charge is 0.433 e.